The third-order valence-corrected chi connectivity index (χ3v) is 4.05. The molecule has 1 heterocycles. The molecule has 1 aromatic carbocycles. The lowest BCUT2D eigenvalue weighted by Gasteiger charge is -2.31. The summed E-state index contributed by atoms with van der Waals surface area (Å²) in [5.41, 5.74) is 0.00242. The van der Waals surface area contributed by atoms with E-state index >= 15 is 0 Å². The van der Waals surface area contributed by atoms with Crippen LogP contribution in [-0.2, 0) is 10.2 Å². The van der Waals surface area contributed by atoms with Crippen LogP contribution in [0.2, 0.25) is 0 Å². The van der Waals surface area contributed by atoms with Crippen LogP contribution in [0.5, 0.6) is 5.75 Å². The molecule has 2 rings (SSSR count). The first kappa shape index (κ1) is 16.4. The first-order valence-electron chi connectivity index (χ1n) is 6.87. The van der Waals surface area contributed by atoms with E-state index in [9.17, 15) is 23.1 Å². The number of carbonyl (C=O) groups is 1. The number of ether oxygens (including phenoxy) is 1. The van der Waals surface area contributed by atoms with Crippen LogP contribution in [0.4, 0.5) is 13.2 Å². The third kappa shape index (κ3) is 2.96. The van der Waals surface area contributed by atoms with Gasteiger partial charge in [0.15, 0.2) is 0 Å². The Hall–Kier alpha value is -1.98. The molecule has 0 spiro atoms. The van der Waals surface area contributed by atoms with Gasteiger partial charge in [0.1, 0.15) is 5.75 Å². The lowest BCUT2D eigenvalue weighted by Crippen LogP contribution is -2.44. The fourth-order valence-corrected chi connectivity index (χ4v) is 2.22. The number of carbonyl (C=O) groups excluding carboxylic acids is 1. The molecule has 22 heavy (non-hydrogen) atoms. The molecule has 1 aliphatic rings. The predicted molar refractivity (Wildman–Crippen MR) is 73.2 cm³/mol. The Balaban J connectivity index is 2.52. The maximum atomic E-state index is 13.0. The summed E-state index contributed by atoms with van der Waals surface area (Å²) in [6.07, 6.45) is -5.56. The van der Waals surface area contributed by atoms with Crippen molar-refractivity contribution >= 4 is 12.0 Å². The van der Waals surface area contributed by atoms with Gasteiger partial charge in [0, 0.05) is 11.1 Å². The van der Waals surface area contributed by atoms with E-state index in [-0.39, 0.29) is 11.2 Å². The maximum absolute atomic E-state index is 13.0. The minimum Gasteiger partial charge on any atom is -0.545 e. The van der Waals surface area contributed by atoms with E-state index < -0.39 is 23.8 Å². The molecule has 1 aromatic rings. The van der Waals surface area contributed by atoms with Gasteiger partial charge >= 0.3 is 6.18 Å². The Bertz CT molecular complexity index is 630. The van der Waals surface area contributed by atoms with Crippen molar-refractivity contribution in [1.82, 2.24) is 0 Å². The molecule has 120 valence electrons. The van der Waals surface area contributed by atoms with E-state index in [0.29, 0.717) is 5.56 Å². The minimum atomic E-state index is -4.82. The van der Waals surface area contributed by atoms with Crippen LogP contribution >= 0.6 is 0 Å². The summed E-state index contributed by atoms with van der Waals surface area (Å²) in [6, 6.07) is 4.88. The zero-order valence-electron chi connectivity index (χ0n) is 12.5. The Kier molecular flexibility index (Phi) is 3.98. The van der Waals surface area contributed by atoms with Crippen LogP contribution < -0.4 is 9.84 Å². The molecule has 0 bridgehead atoms. The smallest absolute Gasteiger partial charge is 0.429 e. The summed E-state index contributed by atoms with van der Waals surface area (Å²) in [5, 5.41) is 10.9. The average Bonchev–Trinajstić information content (AvgIpc) is 2.44. The van der Waals surface area contributed by atoms with Crippen molar-refractivity contribution in [2.75, 3.05) is 0 Å². The highest BCUT2D eigenvalue weighted by molar-refractivity contribution is 5.93. The van der Waals surface area contributed by atoms with Gasteiger partial charge in [-0.05, 0) is 29.5 Å². The first-order chi connectivity index (χ1) is 10.1. The highest BCUT2D eigenvalue weighted by Crippen LogP contribution is 2.39. The van der Waals surface area contributed by atoms with Crippen molar-refractivity contribution in [3.05, 3.63) is 34.9 Å². The summed E-state index contributed by atoms with van der Waals surface area (Å²) in [5.74, 6) is -1.85. The summed E-state index contributed by atoms with van der Waals surface area (Å²) in [7, 11) is 0. The van der Waals surface area contributed by atoms with Gasteiger partial charge in [-0.25, -0.2) is 0 Å². The van der Waals surface area contributed by atoms with Crippen molar-refractivity contribution in [3.8, 4) is 5.75 Å². The van der Waals surface area contributed by atoms with Crippen LogP contribution in [-0.4, -0.2) is 18.2 Å². The largest absolute Gasteiger partial charge is 0.545 e. The van der Waals surface area contributed by atoms with Crippen LogP contribution in [0, 0.1) is 0 Å². The monoisotopic (exact) mass is 313 g/mol. The lowest BCUT2D eigenvalue weighted by atomic mass is 9.81. The van der Waals surface area contributed by atoms with Crippen molar-refractivity contribution in [1.29, 1.82) is 0 Å². The molecule has 1 aliphatic heterocycles. The van der Waals surface area contributed by atoms with Crippen molar-refractivity contribution in [3.63, 3.8) is 0 Å². The van der Waals surface area contributed by atoms with E-state index in [1.807, 2.05) is 20.8 Å². The van der Waals surface area contributed by atoms with Gasteiger partial charge in [-0.1, -0.05) is 32.9 Å². The molecule has 3 nitrogen and oxygen atoms in total. The number of carboxylic acid groups (broad SMARTS) is 1. The minimum absolute atomic E-state index is 0.0337. The first-order valence-corrected chi connectivity index (χ1v) is 6.87. The highest BCUT2D eigenvalue weighted by atomic mass is 19.4. The Morgan fingerprint density at radius 2 is 1.95 bits per heavy atom. The zero-order chi connectivity index (χ0) is 16.7. The SMILES string of the molecule is CCC(C)(C)c1ccc2c(c1)OC(C(F)(F)F)C(C(=O)[O-])=C2. The summed E-state index contributed by atoms with van der Waals surface area (Å²) in [4.78, 5) is 10.9. The number of halogens is 3. The highest BCUT2D eigenvalue weighted by Gasteiger charge is 2.46. The van der Waals surface area contributed by atoms with Crippen molar-refractivity contribution in [2.24, 2.45) is 0 Å². The van der Waals surface area contributed by atoms with Gasteiger partial charge < -0.3 is 14.6 Å². The summed E-state index contributed by atoms with van der Waals surface area (Å²) in [6.45, 7) is 5.93. The third-order valence-electron chi connectivity index (χ3n) is 4.05. The molecule has 6 heteroatoms. The van der Waals surface area contributed by atoms with E-state index in [4.69, 9.17) is 4.74 Å². The fourth-order valence-electron chi connectivity index (χ4n) is 2.22. The zero-order valence-corrected chi connectivity index (χ0v) is 12.5. The molecule has 0 fully saturated rings. The Labute approximate surface area is 126 Å². The normalized spacial score (nSPS) is 18.3. The molecule has 1 atom stereocenters. The van der Waals surface area contributed by atoms with Crippen LogP contribution in [0.15, 0.2) is 23.8 Å². The topological polar surface area (TPSA) is 49.4 Å². The number of rotatable bonds is 3. The standard InChI is InChI=1S/C16H17F3O3/c1-4-15(2,3)10-6-5-9-7-11(14(20)21)13(16(17,18)19)22-12(9)8-10/h5-8,13H,4H2,1-3H3,(H,20,21)/p-1. The van der Waals surface area contributed by atoms with Crippen LogP contribution in [0.25, 0.3) is 6.08 Å². The van der Waals surface area contributed by atoms with Crippen molar-refractivity contribution < 1.29 is 27.8 Å². The molecular weight excluding hydrogens is 297 g/mol. The number of hydrogen-bond acceptors (Lipinski definition) is 3. The van der Waals surface area contributed by atoms with Gasteiger partial charge in [0.05, 0.1) is 5.97 Å². The number of alkyl halides is 3. The molecule has 0 aromatic heterocycles. The Morgan fingerprint density at radius 3 is 2.45 bits per heavy atom. The fraction of sp³-hybridized carbons (Fsp3) is 0.438. The van der Waals surface area contributed by atoms with Gasteiger partial charge in [0.2, 0.25) is 6.10 Å². The molecule has 0 saturated heterocycles. The number of carboxylic acids is 1. The predicted octanol–water partition coefficient (Wildman–Crippen LogP) is 2.83. The lowest BCUT2D eigenvalue weighted by molar-refractivity contribution is -0.302. The summed E-state index contributed by atoms with van der Waals surface area (Å²) < 4.78 is 43.9. The molecular formula is C16H16F3O3-. The molecule has 0 radical (unpaired) electrons. The van der Waals surface area contributed by atoms with Gasteiger partial charge in [0.25, 0.3) is 0 Å². The second-order valence-corrected chi connectivity index (χ2v) is 5.92. The number of aliphatic carboxylic acids is 1. The van der Waals surface area contributed by atoms with E-state index in [2.05, 4.69) is 0 Å². The van der Waals surface area contributed by atoms with E-state index in [1.54, 1.807) is 18.2 Å². The van der Waals surface area contributed by atoms with Crippen LogP contribution in [0.3, 0.4) is 0 Å². The maximum Gasteiger partial charge on any atom is 0.429 e. The van der Waals surface area contributed by atoms with Gasteiger partial charge in [-0.3, -0.25) is 0 Å². The number of fused-ring (bicyclic) bond motifs is 1. The second kappa shape index (κ2) is 5.34. The number of hydrogen-bond donors (Lipinski definition) is 0. The molecule has 0 amide bonds. The molecule has 0 N–H and O–H groups in total. The van der Waals surface area contributed by atoms with Gasteiger partial charge in [-0.15, -0.1) is 0 Å². The Morgan fingerprint density at radius 1 is 1.32 bits per heavy atom. The molecule has 1 unspecified atom stereocenters. The van der Waals surface area contributed by atoms with Crippen molar-refractivity contribution in [2.45, 2.75) is 44.9 Å². The molecule has 0 aliphatic carbocycles. The van der Waals surface area contributed by atoms with Crippen LogP contribution in [0.1, 0.15) is 38.3 Å². The quantitative estimate of drug-likeness (QED) is 0.862. The van der Waals surface area contributed by atoms with E-state index in [0.717, 1.165) is 18.1 Å². The molecule has 0 saturated carbocycles. The number of benzene rings is 1. The van der Waals surface area contributed by atoms with E-state index in [1.165, 1.54) is 0 Å². The van der Waals surface area contributed by atoms with Gasteiger partial charge in [-0.2, -0.15) is 13.2 Å². The second-order valence-electron chi connectivity index (χ2n) is 5.92. The average molecular weight is 313 g/mol. The summed E-state index contributed by atoms with van der Waals surface area (Å²) >= 11 is 0.